The minimum absolute atomic E-state index is 0.0688. The third kappa shape index (κ3) is 3.39. The monoisotopic (exact) mass is 285 g/mol. The second-order valence-electron chi connectivity index (χ2n) is 4.64. The van der Waals surface area contributed by atoms with E-state index in [1.54, 1.807) is 36.4 Å². The molecule has 0 saturated heterocycles. The van der Waals surface area contributed by atoms with Crippen LogP contribution in [0.4, 0.5) is 5.69 Å². The van der Waals surface area contributed by atoms with E-state index in [0.717, 1.165) is 10.5 Å². The standard InChI is InChI=1S/C16H15NO4/c1-11-6-8-12(9-7-11)17(10-15(19)20)16(21)13-4-2-3-5-14(13)18/h2-9,18H,10H2,1H3,(H,19,20). The van der Waals surface area contributed by atoms with E-state index >= 15 is 0 Å². The van der Waals surface area contributed by atoms with Crippen molar-refractivity contribution >= 4 is 17.6 Å². The molecule has 0 unspecified atom stereocenters. The Bertz CT molecular complexity index is 664. The largest absolute Gasteiger partial charge is 0.507 e. The van der Waals surface area contributed by atoms with Crippen molar-refractivity contribution < 1.29 is 19.8 Å². The lowest BCUT2D eigenvalue weighted by Crippen LogP contribution is -2.35. The summed E-state index contributed by atoms with van der Waals surface area (Å²) in [7, 11) is 0. The molecule has 0 aromatic heterocycles. The Kier molecular flexibility index (Phi) is 4.23. The van der Waals surface area contributed by atoms with Crippen molar-refractivity contribution in [2.45, 2.75) is 6.92 Å². The number of rotatable bonds is 4. The van der Waals surface area contributed by atoms with E-state index in [2.05, 4.69) is 0 Å². The highest BCUT2D eigenvalue weighted by molar-refractivity contribution is 6.09. The van der Waals surface area contributed by atoms with Crippen LogP contribution in [0.5, 0.6) is 5.75 Å². The number of aryl methyl sites for hydroxylation is 1. The number of aliphatic carboxylic acids is 1. The van der Waals surface area contributed by atoms with Crippen molar-refractivity contribution in [2.75, 3.05) is 11.4 Å². The van der Waals surface area contributed by atoms with Crippen LogP contribution in [0.1, 0.15) is 15.9 Å². The number of carbonyl (C=O) groups excluding carboxylic acids is 1. The molecule has 1 amide bonds. The topological polar surface area (TPSA) is 77.8 Å². The van der Waals surface area contributed by atoms with Crippen LogP contribution in [0.2, 0.25) is 0 Å². The number of aromatic hydroxyl groups is 1. The van der Waals surface area contributed by atoms with Gasteiger partial charge in [-0.05, 0) is 31.2 Å². The summed E-state index contributed by atoms with van der Waals surface area (Å²) in [5.74, 6) is -1.86. The van der Waals surface area contributed by atoms with Gasteiger partial charge in [-0.25, -0.2) is 0 Å². The Morgan fingerprint density at radius 2 is 1.67 bits per heavy atom. The zero-order chi connectivity index (χ0) is 15.4. The highest BCUT2D eigenvalue weighted by Gasteiger charge is 2.22. The van der Waals surface area contributed by atoms with Crippen molar-refractivity contribution in [3.8, 4) is 5.75 Å². The SMILES string of the molecule is Cc1ccc(N(CC(=O)O)C(=O)c2ccccc2O)cc1. The normalized spacial score (nSPS) is 10.1. The number of amides is 1. The van der Waals surface area contributed by atoms with E-state index in [4.69, 9.17) is 5.11 Å². The molecular formula is C16H15NO4. The van der Waals surface area contributed by atoms with Crippen LogP contribution >= 0.6 is 0 Å². The van der Waals surface area contributed by atoms with E-state index < -0.39 is 18.4 Å². The van der Waals surface area contributed by atoms with E-state index in [0.29, 0.717) is 5.69 Å². The molecule has 0 fully saturated rings. The maximum absolute atomic E-state index is 12.5. The maximum Gasteiger partial charge on any atom is 0.323 e. The van der Waals surface area contributed by atoms with Gasteiger partial charge in [0.15, 0.2) is 0 Å². The number of phenols is 1. The molecule has 0 aliphatic carbocycles. The van der Waals surface area contributed by atoms with Crippen LogP contribution in [-0.2, 0) is 4.79 Å². The first-order valence-corrected chi connectivity index (χ1v) is 6.37. The van der Waals surface area contributed by atoms with Gasteiger partial charge in [-0.3, -0.25) is 14.5 Å². The molecule has 0 atom stereocenters. The Morgan fingerprint density at radius 3 is 2.24 bits per heavy atom. The summed E-state index contributed by atoms with van der Waals surface area (Å²) in [5, 5.41) is 18.8. The molecule has 0 heterocycles. The summed E-state index contributed by atoms with van der Waals surface area (Å²) in [6, 6.07) is 13.0. The van der Waals surface area contributed by atoms with E-state index in [9.17, 15) is 14.7 Å². The molecule has 5 heteroatoms. The zero-order valence-corrected chi connectivity index (χ0v) is 11.5. The van der Waals surface area contributed by atoms with E-state index in [1.165, 1.54) is 12.1 Å². The molecule has 0 aliphatic heterocycles. The van der Waals surface area contributed by atoms with Crippen LogP contribution < -0.4 is 4.90 Å². The average Bonchev–Trinajstić information content (AvgIpc) is 2.45. The molecule has 2 rings (SSSR count). The van der Waals surface area contributed by atoms with Crippen molar-refractivity contribution in [2.24, 2.45) is 0 Å². The van der Waals surface area contributed by atoms with Gasteiger partial charge < -0.3 is 10.2 Å². The Morgan fingerprint density at radius 1 is 1.05 bits per heavy atom. The highest BCUT2D eigenvalue weighted by Crippen LogP contribution is 2.22. The number of phenolic OH excluding ortho intramolecular Hbond substituents is 1. The molecule has 2 N–H and O–H groups in total. The molecule has 5 nitrogen and oxygen atoms in total. The number of hydrogen-bond donors (Lipinski definition) is 2. The summed E-state index contributed by atoms with van der Waals surface area (Å²) in [5.41, 5.74) is 1.54. The first kappa shape index (κ1) is 14.6. The van der Waals surface area contributed by atoms with Crippen LogP contribution in [0.15, 0.2) is 48.5 Å². The fourth-order valence-electron chi connectivity index (χ4n) is 1.94. The third-order valence-electron chi connectivity index (χ3n) is 3.02. The van der Waals surface area contributed by atoms with Crippen LogP contribution in [0.25, 0.3) is 0 Å². The number of nitrogens with zero attached hydrogens (tertiary/aromatic N) is 1. The fraction of sp³-hybridized carbons (Fsp3) is 0.125. The second kappa shape index (κ2) is 6.09. The molecule has 0 bridgehead atoms. The molecule has 0 radical (unpaired) electrons. The van der Waals surface area contributed by atoms with Crippen LogP contribution in [0, 0.1) is 6.92 Å². The summed E-state index contributed by atoms with van der Waals surface area (Å²) >= 11 is 0. The van der Waals surface area contributed by atoms with Gasteiger partial charge in [0.05, 0.1) is 5.56 Å². The van der Waals surface area contributed by atoms with Gasteiger partial charge in [-0.1, -0.05) is 29.8 Å². The Balaban J connectivity index is 2.40. The summed E-state index contributed by atoms with van der Waals surface area (Å²) < 4.78 is 0. The quantitative estimate of drug-likeness (QED) is 0.904. The Labute approximate surface area is 122 Å². The lowest BCUT2D eigenvalue weighted by Gasteiger charge is -2.21. The molecule has 0 spiro atoms. The maximum atomic E-state index is 12.5. The predicted octanol–water partition coefficient (Wildman–Crippen LogP) is 2.43. The third-order valence-corrected chi connectivity index (χ3v) is 3.02. The minimum Gasteiger partial charge on any atom is -0.507 e. The summed E-state index contributed by atoms with van der Waals surface area (Å²) in [6.07, 6.45) is 0. The Hall–Kier alpha value is -2.82. The second-order valence-corrected chi connectivity index (χ2v) is 4.64. The van der Waals surface area contributed by atoms with Crippen molar-refractivity contribution in [3.05, 3.63) is 59.7 Å². The first-order chi connectivity index (χ1) is 9.99. The lowest BCUT2D eigenvalue weighted by molar-refractivity contribution is -0.135. The molecule has 108 valence electrons. The molecule has 2 aromatic carbocycles. The van der Waals surface area contributed by atoms with Gasteiger partial charge >= 0.3 is 5.97 Å². The number of benzene rings is 2. The number of para-hydroxylation sites is 1. The summed E-state index contributed by atoms with van der Waals surface area (Å²) in [6.45, 7) is 1.42. The smallest absolute Gasteiger partial charge is 0.323 e. The number of anilines is 1. The average molecular weight is 285 g/mol. The van der Waals surface area contributed by atoms with Gasteiger partial charge in [-0.15, -0.1) is 0 Å². The predicted molar refractivity (Wildman–Crippen MR) is 78.6 cm³/mol. The minimum atomic E-state index is -1.13. The van der Waals surface area contributed by atoms with E-state index in [-0.39, 0.29) is 11.3 Å². The number of carboxylic acid groups (broad SMARTS) is 1. The molecule has 21 heavy (non-hydrogen) atoms. The van der Waals surface area contributed by atoms with Crippen LogP contribution in [-0.4, -0.2) is 28.6 Å². The highest BCUT2D eigenvalue weighted by atomic mass is 16.4. The van der Waals surface area contributed by atoms with Crippen LogP contribution in [0.3, 0.4) is 0 Å². The number of hydrogen-bond acceptors (Lipinski definition) is 3. The van der Waals surface area contributed by atoms with Crippen molar-refractivity contribution in [1.29, 1.82) is 0 Å². The zero-order valence-electron chi connectivity index (χ0n) is 11.5. The summed E-state index contributed by atoms with van der Waals surface area (Å²) in [4.78, 5) is 24.6. The van der Waals surface area contributed by atoms with Gasteiger partial charge in [0.2, 0.25) is 0 Å². The van der Waals surface area contributed by atoms with Gasteiger partial charge in [-0.2, -0.15) is 0 Å². The van der Waals surface area contributed by atoms with Crippen molar-refractivity contribution in [3.63, 3.8) is 0 Å². The molecular weight excluding hydrogens is 270 g/mol. The molecule has 2 aromatic rings. The number of carbonyl (C=O) groups is 2. The van der Waals surface area contributed by atoms with Gasteiger partial charge in [0.25, 0.3) is 5.91 Å². The van der Waals surface area contributed by atoms with Gasteiger partial charge in [0.1, 0.15) is 12.3 Å². The van der Waals surface area contributed by atoms with Gasteiger partial charge in [0, 0.05) is 5.69 Å². The first-order valence-electron chi connectivity index (χ1n) is 6.37. The molecule has 0 aliphatic rings. The molecule has 0 saturated carbocycles. The van der Waals surface area contributed by atoms with E-state index in [1.807, 2.05) is 6.92 Å². The lowest BCUT2D eigenvalue weighted by atomic mass is 10.1. The van der Waals surface area contributed by atoms with Crippen molar-refractivity contribution in [1.82, 2.24) is 0 Å². The fourth-order valence-corrected chi connectivity index (χ4v) is 1.94. The number of carboxylic acids is 1.